The number of hydrogen-bond donors (Lipinski definition) is 1. The summed E-state index contributed by atoms with van der Waals surface area (Å²) in [5.41, 5.74) is 2.41. The molecule has 0 aliphatic rings. The number of carbonyl (C=O) groups is 1. The average Bonchev–Trinajstić information content (AvgIpc) is 2.79. The van der Waals surface area contributed by atoms with Crippen LogP contribution in [0.5, 0.6) is 5.75 Å². The summed E-state index contributed by atoms with van der Waals surface area (Å²) in [6.07, 6.45) is 1.14. The van der Waals surface area contributed by atoms with Crippen LogP contribution in [-0.2, 0) is 27.7 Å². The molecule has 0 saturated heterocycles. The highest BCUT2D eigenvalue weighted by atomic mass is 32.2. The van der Waals surface area contributed by atoms with Gasteiger partial charge >= 0.3 is 0 Å². The molecule has 7 heteroatoms. The molecule has 168 valence electrons. The van der Waals surface area contributed by atoms with Gasteiger partial charge in [0.25, 0.3) is 0 Å². The van der Waals surface area contributed by atoms with Gasteiger partial charge in [0.2, 0.25) is 5.91 Å². The number of benzene rings is 3. The van der Waals surface area contributed by atoms with Crippen molar-refractivity contribution in [3.8, 4) is 5.75 Å². The SMILES string of the molecule is COc1ccc(NC(C)C(=O)N(Cc2ccccc2)Cc2ccccc2)c(S(C)(=O)=O)c1. The van der Waals surface area contributed by atoms with Gasteiger partial charge in [-0.1, -0.05) is 60.7 Å². The number of amides is 1. The van der Waals surface area contributed by atoms with Crippen molar-refractivity contribution in [3.63, 3.8) is 0 Å². The number of nitrogens with one attached hydrogen (secondary N) is 1. The Bertz CT molecular complexity index is 1110. The maximum Gasteiger partial charge on any atom is 0.245 e. The lowest BCUT2D eigenvalue weighted by molar-refractivity contribution is -0.132. The van der Waals surface area contributed by atoms with Crippen LogP contribution in [0.25, 0.3) is 0 Å². The van der Waals surface area contributed by atoms with Gasteiger partial charge in [-0.25, -0.2) is 8.42 Å². The van der Waals surface area contributed by atoms with Gasteiger partial charge in [0.1, 0.15) is 11.8 Å². The molecule has 1 N–H and O–H groups in total. The first-order chi connectivity index (χ1) is 15.3. The van der Waals surface area contributed by atoms with Crippen molar-refractivity contribution in [2.24, 2.45) is 0 Å². The lowest BCUT2D eigenvalue weighted by Gasteiger charge is -2.27. The molecule has 0 aliphatic carbocycles. The van der Waals surface area contributed by atoms with E-state index in [0.717, 1.165) is 17.4 Å². The lowest BCUT2D eigenvalue weighted by atomic mass is 10.1. The third kappa shape index (κ3) is 6.11. The number of carbonyl (C=O) groups excluding carboxylic acids is 1. The largest absolute Gasteiger partial charge is 0.497 e. The molecule has 0 bridgehead atoms. The predicted molar refractivity (Wildman–Crippen MR) is 126 cm³/mol. The van der Waals surface area contributed by atoms with Crippen LogP contribution in [0.2, 0.25) is 0 Å². The van der Waals surface area contributed by atoms with Crippen LogP contribution >= 0.6 is 0 Å². The van der Waals surface area contributed by atoms with Gasteiger partial charge in [0.05, 0.1) is 17.7 Å². The van der Waals surface area contributed by atoms with Crippen LogP contribution in [0.15, 0.2) is 83.8 Å². The number of hydrogen-bond acceptors (Lipinski definition) is 5. The van der Waals surface area contributed by atoms with Gasteiger partial charge in [0, 0.05) is 25.4 Å². The van der Waals surface area contributed by atoms with Crippen molar-refractivity contribution in [2.45, 2.75) is 31.0 Å². The molecule has 0 fully saturated rings. The van der Waals surface area contributed by atoms with Crippen LogP contribution in [0.3, 0.4) is 0 Å². The monoisotopic (exact) mass is 452 g/mol. The normalized spacial score (nSPS) is 12.1. The Morgan fingerprint density at radius 3 is 1.94 bits per heavy atom. The third-order valence-electron chi connectivity index (χ3n) is 5.07. The first-order valence-corrected chi connectivity index (χ1v) is 12.2. The second-order valence-electron chi connectivity index (χ2n) is 7.67. The molecule has 0 radical (unpaired) electrons. The van der Waals surface area contributed by atoms with Gasteiger partial charge in [-0.05, 0) is 30.2 Å². The summed E-state index contributed by atoms with van der Waals surface area (Å²) in [4.78, 5) is 15.3. The summed E-state index contributed by atoms with van der Waals surface area (Å²) in [6.45, 7) is 2.63. The first kappa shape index (κ1) is 23.3. The smallest absolute Gasteiger partial charge is 0.245 e. The maximum absolute atomic E-state index is 13.4. The first-order valence-electron chi connectivity index (χ1n) is 10.3. The van der Waals surface area contributed by atoms with E-state index < -0.39 is 15.9 Å². The summed E-state index contributed by atoms with van der Waals surface area (Å²) in [5, 5.41) is 3.09. The van der Waals surface area contributed by atoms with Crippen LogP contribution < -0.4 is 10.1 Å². The third-order valence-corrected chi connectivity index (χ3v) is 6.21. The Morgan fingerprint density at radius 1 is 0.938 bits per heavy atom. The van der Waals surface area contributed by atoms with Crippen LogP contribution in [0, 0.1) is 0 Å². The van der Waals surface area contributed by atoms with E-state index in [2.05, 4.69) is 5.32 Å². The second-order valence-corrected chi connectivity index (χ2v) is 9.65. The van der Waals surface area contributed by atoms with Crippen molar-refractivity contribution in [1.82, 2.24) is 4.90 Å². The van der Waals surface area contributed by atoms with E-state index in [0.29, 0.717) is 24.5 Å². The number of rotatable bonds is 9. The molecular formula is C25H28N2O4S. The predicted octanol–water partition coefficient (Wildman–Crippen LogP) is 4.13. The van der Waals surface area contributed by atoms with Crippen molar-refractivity contribution >= 4 is 21.4 Å². The molecule has 0 saturated carbocycles. The molecule has 0 spiro atoms. The molecule has 0 heterocycles. The minimum atomic E-state index is -3.52. The minimum Gasteiger partial charge on any atom is -0.497 e. The highest BCUT2D eigenvalue weighted by Crippen LogP contribution is 2.27. The molecule has 0 aliphatic heterocycles. The Balaban J connectivity index is 1.86. The molecule has 1 amide bonds. The van der Waals surface area contributed by atoms with E-state index >= 15 is 0 Å². The standard InChI is InChI=1S/C25H28N2O4S/c1-19(26-23-15-14-22(31-2)16-24(23)32(3,29)30)25(28)27(17-20-10-6-4-7-11-20)18-21-12-8-5-9-13-21/h4-16,19,26H,17-18H2,1-3H3. The van der Waals surface area contributed by atoms with Crippen molar-refractivity contribution < 1.29 is 17.9 Å². The van der Waals surface area contributed by atoms with Gasteiger partial charge in [0.15, 0.2) is 9.84 Å². The summed E-state index contributed by atoms with van der Waals surface area (Å²) in [7, 11) is -2.04. The van der Waals surface area contributed by atoms with Crippen molar-refractivity contribution in [1.29, 1.82) is 0 Å². The topological polar surface area (TPSA) is 75.7 Å². The van der Waals surface area contributed by atoms with E-state index in [1.54, 1.807) is 24.0 Å². The Hall–Kier alpha value is -3.32. The van der Waals surface area contributed by atoms with E-state index in [-0.39, 0.29) is 10.8 Å². The average molecular weight is 453 g/mol. The summed E-state index contributed by atoms with van der Waals surface area (Å²) in [5.74, 6) is 0.303. The molecular weight excluding hydrogens is 424 g/mol. The zero-order valence-corrected chi connectivity index (χ0v) is 19.3. The number of nitrogens with zero attached hydrogens (tertiary/aromatic N) is 1. The van der Waals surface area contributed by atoms with Crippen LogP contribution in [0.4, 0.5) is 5.69 Å². The van der Waals surface area contributed by atoms with Crippen LogP contribution in [0.1, 0.15) is 18.1 Å². The molecule has 1 atom stereocenters. The molecule has 6 nitrogen and oxygen atoms in total. The summed E-state index contributed by atoms with van der Waals surface area (Å²) < 4.78 is 29.8. The molecule has 32 heavy (non-hydrogen) atoms. The zero-order chi connectivity index (χ0) is 23.1. The Labute approximate surface area is 189 Å². The van der Waals surface area contributed by atoms with Gasteiger partial charge in [-0.3, -0.25) is 4.79 Å². The quantitative estimate of drug-likeness (QED) is 0.528. The highest BCUT2D eigenvalue weighted by Gasteiger charge is 2.23. The van der Waals surface area contributed by atoms with Gasteiger partial charge in [-0.2, -0.15) is 0 Å². The van der Waals surface area contributed by atoms with Crippen LogP contribution in [-0.4, -0.2) is 38.6 Å². The second kappa shape index (κ2) is 10.3. The lowest BCUT2D eigenvalue weighted by Crippen LogP contribution is -2.40. The van der Waals surface area contributed by atoms with E-state index in [9.17, 15) is 13.2 Å². The zero-order valence-electron chi connectivity index (χ0n) is 18.5. The molecule has 0 aromatic heterocycles. The fraction of sp³-hybridized carbons (Fsp3) is 0.240. The van der Waals surface area contributed by atoms with E-state index in [1.807, 2.05) is 60.7 Å². The highest BCUT2D eigenvalue weighted by molar-refractivity contribution is 7.90. The number of sulfone groups is 1. The Kier molecular flexibility index (Phi) is 7.53. The van der Waals surface area contributed by atoms with Gasteiger partial charge < -0.3 is 15.0 Å². The molecule has 3 aromatic rings. The number of anilines is 1. The minimum absolute atomic E-state index is 0.0918. The van der Waals surface area contributed by atoms with Crippen molar-refractivity contribution in [3.05, 3.63) is 90.0 Å². The summed E-state index contributed by atoms with van der Waals surface area (Å²) >= 11 is 0. The molecule has 3 aromatic carbocycles. The number of methoxy groups -OCH3 is 1. The molecule has 1 unspecified atom stereocenters. The van der Waals surface area contributed by atoms with E-state index in [4.69, 9.17) is 4.74 Å². The van der Waals surface area contributed by atoms with E-state index in [1.165, 1.54) is 13.2 Å². The van der Waals surface area contributed by atoms with Crippen molar-refractivity contribution in [2.75, 3.05) is 18.7 Å². The summed E-state index contributed by atoms with van der Waals surface area (Å²) in [6, 6.07) is 23.7. The fourth-order valence-electron chi connectivity index (χ4n) is 3.44. The van der Waals surface area contributed by atoms with Gasteiger partial charge in [-0.15, -0.1) is 0 Å². The molecule has 3 rings (SSSR count). The number of ether oxygens (including phenoxy) is 1. The maximum atomic E-state index is 13.4. The Morgan fingerprint density at radius 2 is 1.47 bits per heavy atom. The fourth-order valence-corrected chi connectivity index (χ4v) is 4.30.